The number of hydrogen-bond donors (Lipinski definition) is 0. The summed E-state index contributed by atoms with van der Waals surface area (Å²) in [6.07, 6.45) is -7.74. The monoisotopic (exact) mass is 136 g/mol. The van der Waals surface area contributed by atoms with E-state index in [1.54, 1.807) is 0 Å². The van der Waals surface area contributed by atoms with Gasteiger partial charge in [0.1, 0.15) is 0 Å². The fraction of sp³-hybridized carbons (Fsp3) is 0.500. The first-order valence-electron chi connectivity index (χ1n) is 1.38. The molecule has 0 aromatic heterocycles. The minimum Gasteiger partial charge on any atom is -0.463 e. The Morgan fingerprint density at radius 1 is 1.44 bits per heavy atom. The Balaban J connectivity index is 0. The Hall–Kier alpha value is -0.343. The molecule has 0 radical (unpaired) electrons. The van der Waals surface area contributed by atoms with E-state index in [1.807, 2.05) is 0 Å². The molecule has 0 rings (SSSR count). The molecule has 0 N–H and O–H groups in total. The smallest absolute Gasteiger partial charge is 0.463 e. The van der Waals surface area contributed by atoms with Gasteiger partial charge in [-0.15, -0.1) is 13.2 Å². The first kappa shape index (κ1) is 11.5. The molecule has 0 spiro atoms. The molecule has 0 aliphatic rings. The maximum Gasteiger partial charge on any atom is 1.00 e. The van der Waals surface area contributed by atoms with Gasteiger partial charge in [-0.3, -0.25) is 0 Å². The van der Waals surface area contributed by atoms with Gasteiger partial charge in [-0.25, -0.2) is 0 Å². The molecular weight excluding hydrogens is 136 g/mol. The van der Waals surface area contributed by atoms with Crippen LogP contribution in [0.4, 0.5) is 18.0 Å². The van der Waals surface area contributed by atoms with Crippen molar-refractivity contribution in [2.75, 3.05) is 0 Å². The maximum atomic E-state index is 10.7. The van der Waals surface area contributed by atoms with Crippen LogP contribution in [0.5, 0.6) is 0 Å². The molecule has 3 nitrogen and oxygen atoms in total. The van der Waals surface area contributed by atoms with Crippen LogP contribution in [0, 0.1) is 0 Å². The molecule has 0 unspecified atom stereocenters. The van der Waals surface area contributed by atoms with Gasteiger partial charge in [0.05, 0.1) is 0 Å². The second kappa shape index (κ2) is 3.64. The topological polar surface area (TPSA) is 49.4 Å². The quantitative estimate of drug-likeness (QED) is 0.261. The largest absolute Gasteiger partial charge is 1.00 e. The SMILES string of the molecule is O=C([O-])OC(F)(F)F.[Li+]. The molecule has 0 fully saturated rings. The van der Waals surface area contributed by atoms with Crippen LogP contribution < -0.4 is 24.0 Å². The van der Waals surface area contributed by atoms with Gasteiger partial charge >= 0.3 is 25.2 Å². The summed E-state index contributed by atoms with van der Waals surface area (Å²) in [5, 5.41) is 8.96. The molecule has 48 valence electrons. The van der Waals surface area contributed by atoms with Crippen molar-refractivity contribution in [1.82, 2.24) is 0 Å². The predicted octanol–water partition coefficient (Wildman–Crippen LogP) is -3.13. The average molecular weight is 136 g/mol. The third-order valence-electron chi connectivity index (χ3n) is 0.199. The number of halogens is 3. The van der Waals surface area contributed by atoms with E-state index in [2.05, 4.69) is 4.74 Å². The van der Waals surface area contributed by atoms with Crippen molar-refractivity contribution >= 4 is 6.16 Å². The molecule has 7 heteroatoms. The summed E-state index contributed by atoms with van der Waals surface area (Å²) in [6.45, 7) is 0. The van der Waals surface area contributed by atoms with E-state index >= 15 is 0 Å². The normalized spacial score (nSPS) is 9.67. The van der Waals surface area contributed by atoms with Gasteiger partial charge in [0, 0.05) is 0 Å². The van der Waals surface area contributed by atoms with Crippen LogP contribution in [0.1, 0.15) is 0 Å². The Labute approximate surface area is 60.0 Å². The molecule has 0 aliphatic carbocycles. The Morgan fingerprint density at radius 2 is 1.78 bits per heavy atom. The molecule has 0 aromatic carbocycles. The van der Waals surface area contributed by atoms with Crippen LogP contribution in [0.3, 0.4) is 0 Å². The molecule has 0 aromatic rings. The van der Waals surface area contributed by atoms with Crippen molar-refractivity contribution in [3.05, 3.63) is 0 Å². The van der Waals surface area contributed by atoms with Crippen LogP contribution in [-0.2, 0) is 4.74 Å². The number of hydrogen-bond acceptors (Lipinski definition) is 3. The summed E-state index contributed by atoms with van der Waals surface area (Å²) in [4.78, 5) is 8.96. The summed E-state index contributed by atoms with van der Waals surface area (Å²) in [5.41, 5.74) is 0. The Kier molecular flexibility index (Phi) is 4.63. The van der Waals surface area contributed by atoms with Gasteiger partial charge in [0.25, 0.3) is 6.16 Å². The number of ether oxygens (including phenoxy) is 1. The fourth-order valence-corrected chi connectivity index (χ4v) is 0.0945. The molecule has 0 amide bonds. The average Bonchev–Trinajstić information content (AvgIpc) is 1.21. The zero-order chi connectivity index (χ0) is 6.78. The molecule has 0 saturated carbocycles. The fourth-order valence-electron chi connectivity index (χ4n) is 0.0945. The summed E-state index contributed by atoms with van der Waals surface area (Å²) >= 11 is 0. The molecule has 9 heavy (non-hydrogen) atoms. The summed E-state index contributed by atoms with van der Waals surface area (Å²) in [7, 11) is 0. The molecule has 0 aliphatic heterocycles. The van der Waals surface area contributed by atoms with Crippen LogP contribution in [-0.4, -0.2) is 12.5 Å². The Bertz CT molecular complexity index is 99.7. The number of carbonyl (C=O) groups is 1. The standard InChI is InChI=1S/C2HF3O3.Li/c3-2(4,5)8-1(6)7;/h(H,6,7);/q;+1/p-1. The van der Waals surface area contributed by atoms with Gasteiger partial charge in [-0.2, -0.15) is 0 Å². The van der Waals surface area contributed by atoms with Crippen molar-refractivity contribution in [2.45, 2.75) is 6.36 Å². The molecular formula is C2F3LiO3. The molecule has 0 bridgehead atoms. The van der Waals surface area contributed by atoms with E-state index in [4.69, 9.17) is 9.90 Å². The third kappa shape index (κ3) is 11.3. The van der Waals surface area contributed by atoms with Crippen molar-refractivity contribution in [2.24, 2.45) is 0 Å². The number of carboxylic acid groups (broad SMARTS) is 1. The van der Waals surface area contributed by atoms with E-state index in [-0.39, 0.29) is 18.9 Å². The van der Waals surface area contributed by atoms with Crippen molar-refractivity contribution in [3.63, 3.8) is 0 Å². The number of rotatable bonds is 0. The van der Waals surface area contributed by atoms with Gasteiger partial charge in [-0.05, 0) is 0 Å². The third-order valence-corrected chi connectivity index (χ3v) is 0.199. The zero-order valence-corrected chi connectivity index (χ0v) is 4.36. The second-order valence-electron chi connectivity index (χ2n) is 0.798. The Morgan fingerprint density at radius 3 is 1.78 bits per heavy atom. The first-order chi connectivity index (χ1) is 3.42. The first-order valence-corrected chi connectivity index (χ1v) is 1.38. The van der Waals surface area contributed by atoms with Gasteiger partial charge in [0.2, 0.25) is 0 Å². The van der Waals surface area contributed by atoms with Crippen molar-refractivity contribution in [3.8, 4) is 0 Å². The maximum absolute atomic E-state index is 10.7. The minimum absolute atomic E-state index is 0. The van der Waals surface area contributed by atoms with Crippen LogP contribution in [0.25, 0.3) is 0 Å². The van der Waals surface area contributed by atoms with Gasteiger partial charge in [-0.1, -0.05) is 0 Å². The van der Waals surface area contributed by atoms with E-state index in [1.165, 1.54) is 0 Å². The minimum atomic E-state index is -5.14. The van der Waals surface area contributed by atoms with E-state index < -0.39 is 12.5 Å². The van der Waals surface area contributed by atoms with Gasteiger partial charge in [0.15, 0.2) is 0 Å². The molecule has 0 heterocycles. The van der Waals surface area contributed by atoms with E-state index in [0.29, 0.717) is 0 Å². The van der Waals surface area contributed by atoms with E-state index in [9.17, 15) is 13.2 Å². The number of alkyl halides is 3. The van der Waals surface area contributed by atoms with Crippen molar-refractivity contribution in [1.29, 1.82) is 0 Å². The van der Waals surface area contributed by atoms with Crippen LogP contribution in [0.2, 0.25) is 0 Å². The van der Waals surface area contributed by atoms with Crippen molar-refractivity contribution < 1.29 is 46.7 Å². The molecule has 0 atom stereocenters. The molecule has 0 saturated heterocycles. The van der Waals surface area contributed by atoms with Gasteiger partial charge < -0.3 is 14.6 Å². The predicted molar refractivity (Wildman–Crippen MR) is 12.5 cm³/mol. The zero-order valence-electron chi connectivity index (χ0n) is 4.36. The van der Waals surface area contributed by atoms with Crippen LogP contribution in [0.15, 0.2) is 0 Å². The summed E-state index contributed by atoms with van der Waals surface area (Å²) < 4.78 is 34.2. The second-order valence-corrected chi connectivity index (χ2v) is 0.798. The number of carbonyl (C=O) groups excluding carboxylic acids is 1. The summed E-state index contributed by atoms with van der Waals surface area (Å²) in [6, 6.07) is 0. The van der Waals surface area contributed by atoms with Crippen LogP contribution >= 0.6 is 0 Å². The van der Waals surface area contributed by atoms with E-state index in [0.717, 1.165) is 0 Å². The summed E-state index contributed by atoms with van der Waals surface area (Å²) in [5.74, 6) is 0.